The summed E-state index contributed by atoms with van der Waals surface area (Å²) in [6, 6.07) is 9.94. The van der Waals surface area contributed by atoms with E-state index < -0.39 is 47.3 Å². The van der Waals surface area contributed by atoms with E-state index in [-0.39, 0.29) is 18.8 Å². The SMILES string of the molecule is CC(C)(C)OC(=O)N[C@@H](Cc1cccc(F)c1)C(=O)O.CC(C)(C)OC(=O)N[C@H](CO)Cc1cccc(F)c1. The van der Waals surface area contributed by atoms with E-state index >= 15 is 0 Å². The van der Waals surface area contributed by atoms with Crippen molar-refractivity contribution in [3.05, 3.63) is 71.3 Å². The van der Waals surface area contributed by atoms with E-state index in [4.69, 9.17) is 14.6 Å². The average molecular weight is 553 g/mol. The topological polar surface area (TPSA) is 134 Å². The summed E-state index contributed by atoms with van der Waals surface area (Å²) in [5.74, 6) is -2.00. The Balaban J connectivity index is 0.000000391. The molecule has 0 unspecified atom stereocenters. The fourth-order valence-corrected chi connectivity index (χ4v) is 3.13. The maximum Gasteiger partial charge on any atom is 0.408 e. The third-order valence-electron chi connectivity index (χ3n) is 4.63. The third kappa shape index (κ3) is 15.3. The van der Waals surface area contributed by atoms with Gasteiger partial charge in [-0.3, -0.25) is 0 Å². The summed E-state index contributed by atoms with van der Waals surface area (Å²) >= 11 is 0. The summed E-state index contributed by atoms with van der Waals surface area (Å²) in [5.41, 5.74) is -0.127. The van der Waals surface area contributed by atoms with Gasteiger partial charge in [-0.1, -0.05) is 24.3 Å². The molecule has 0 saturated carbocycles. The molecule has 0 aliphatic carbocycles. The number of halogens is 2. The predicted octanol–water partition coefficient (Wildman–Crippen LogP) is 4.60. The molecule has 11 heteroatoms. The number of hydrogen-bond donors (Lipinski definition) is 4. The zero-order valence-electron chi connectivity index (χ0n) is 23.1. The van der Waals surface area contributed by atoms with Crippen molar-refractivity contribution in [1.29, 1.82) is 0 Å². The smallest absolute Gasteiger partial charge is 0.408 e. The van der Waals surface area contributed by atoms with Crippen molar-refractivity contribution >= 4 is 18.2 Å². The molecule has 2 aromatic carbocycles. The van der Waals surface area contributed by atoms with E-state index in [2.05, 4.69) is 10.6 Å². The zero-order chi connectivity index (χ0) is 29.8. The highest BCUT2D eigenvalue weighted by Gasteiger charge is 2.24. The van der Waals surface area contributed by atoms with Gasteiger partial charge in [-0.15, -0.1) is 0 Å². The number of carboxylic acids is 1. The van der Waals surface area contributed by atoms with Gasteiger partial charge in [0.2, 0.25) is 0 Å². The molecule has 9 nitrogen and oxygen atoms in total. The van der Waals surface area contributed by atoms with Gasteiger partial charge in [-0.2, -0.15) is 0 Å². The van der Waals surface area contributed by atoms with E-state index in [1.54, 1.807) is 59.7 Å². The summed E-state index contributed by atoms with van der Waals surface area (Å²) in [7, 11) is 0. The maximum absolute atomic E-state index is 13.0. The van der Waals surface area contributed by atoms with E-state index in [9.17, 15) is 28.3 Å². The fourth-order valence-electron chi connectivity index (χ4n) is 3.13. The zero-order valence-corrected chi connectivity index (χ0v) is 23.1. The first kappa shape index (κ1) is 33.3. The van der Waals surface area contributed by atoms with Crippen LogP contribution in [0.15, 0.2) is 48.5 Å². The molecule has 0 spiro atoms. The Morgan fingerprint density at radius 2 is 1.23 bits per heavy atom. The number of aliphatic hydroxyl groups excluding tert-OH is 1. The lowest BCUT2D eigenvalue weighted by Crippen LogP contribution is -2.44. The molecule has 0 bridgehead atoms. The predicted molar refractivity (Wildman–Crippen MR) is 141 cm³/mol. The van der Waals surface area contributed by atoms with Crippen LogP contribution < -0.4 is 10.6 Å². The Hall–Kier alpha value is -3.73. The molecule has 0 heterocycles. The lowest BCUT2D eigenvalue weighted by atomic mass is 10.1. The van der Waals surface area contributed by atoms with Crippen molar-refractivity contribution in [2.45, 2.75) is 77.7 Å². The highest BCUT2D eigenvalue weighted by molar-refractivity contribution is 5.80. The summed E-state index contributed by atoms with van der Waals surface area (Å²) in [6.45, 7) is 10.1. The highest BCUT2D eigenvalue weighted by atomic mass is 19.1. The summed E-state index contributed by atoms with van der Waals surface area (Å²) in [4.78, 5) is 34.3. The van der Waals surface area contributed by atoms with Crippen molar-refractivity contribution in [3.63, 3.8) is 0 Å². The number of amides is 2. The second kappa shape index (κ2) is 15.0. The molecule has 0 aliphatic rings. The first-order chi connectivity index (χ1) is 18.0. The Morgan fingerprint density at radius 1 is 0.795 bits per heavy atom. The largest absolute Gasteiger partial charge is 0.480 e. The van der Waals surface area contributed by atoms with Gasteiger partial charge in [-0.05, 0) is 83.4 Å². The van der Waals surface area contributed by atoms with Gasteiger partial charge in [0, 0.05) is 6.42 Å². The summed E-state index contributed by atoms with van der Waals surface area (Å²) < 4.78 is 36.2. The first-order valence-electron chi connectivity index (χ1n) is 12.3. The number of rotatable bonds is 8. The number of alkyl carbamates (subject to hydrolysis) is 2. The molecule has 0 fully saturated rings. The van der Waals surface area contributed by atoms with Gasteiger partial charge in [-0.25, -0.2) is 23.2 Å². The van der Waals surface area contributed by atoms with Crippen molar-refractivity contribution < 1.29 is 42.9 Å². The molecule has 0 aliphatic heterocycles. The van der Waals surface area contributed by atoms with Gasteiger partial charge >= 0.3 is 18.2 Å². The van der Waals surface area contributed by atoms with Crippen LogP contribution >= 0.6 is 0 Å². The summed E-state index contributed by atoms with van der Waals surface area (Å²) in [5, 5.41) is 23.1. The molecule has 216 valence electrons. The van der Waals surface area contributed by atoms with Gasteiger partial charge in [0.05, 0.1) is 12.6 Å². The molecule has 2 aromatic rings. The van der Waals surface area contributed by atoms with Crippen LogP contribution in [0.25, 0.3) is 0 Å². The number of nitrogens with one attached hydrogen (secondary N) is 2. The number of ether oxygens (including phenoxy) is 2. The molecule has 0 saturated heterocycles. The summed E-state index contributed by atoms with van der Waals surface area (Å²) in [6.07, 6.45) is -1.09. The number of carbonyl (C=O) groups is 3. The molecule has 0 aromatic heterocycles. The lowest BCUT2D eigenvalue weighted by Gasteiger charge is -2.22. The number of aliphatic carboxylic acids is 1. The maximum atomic E-state index is 13.0. The molecular weight excluding hydrogens is 514 g/mol. The number of aliphatic hydroxyl groups is 1. The van der Waals surface area contributed by atoms with Crippen molar-refractivity contribution in [2.75, 3.05) is 6.61 Å². The Kier molecular flexibility index (Phi) is 12.8. The number of carbonyl (C=O) groups excluding carboxylic acids is 2. The van der Waals surface area contributed by atoms with Crippen LogP contribution in [0.4, 0.5) is 18.4 Å². The van der Waals surface area contributed by atoms with E-state index in [0.29, 0.717) is 17.5 Å². The van der Waals surface area contributed by atoms with E-state index in [0.717, 1.165) is 0 Å². The quantitative estimate of drug-likeness (QED) is 0.376. The van der Waals surface area contributed by atoms with Crippen LogP contribution in [0.1, 0.15) is 52.7 Å². The van der Waals surface area contributed by atoms with Crippen LogP contribution in [0, 0.1) is 11.6 Å². The van der Waals surface area contributed by atoms with Crippen LogP contribution in [-0.4, -0.2) is 58.3 Å². The number of benzene rings is 2. The van der Waals surface area contributed by atoms with Gasteiger partial charge in [0.25, 0.3) is 0 Å². The van der Waals surface area contributed by atoms with Gasteiger partial charge in [0.1, 0.15) is 28.9 Å². The Bertz CT molecular complexity index is 1100. The van der Waals surface area contributed by atoms with Crippen LogP contribution in [-0.2, 0) is 27.1 Å². The molecule has 4 N–H and O–H groups in total. The number of hydrogen-bond acceptors (Lipinski definition) is 6. The molecule has 0 radical (unpaired) electrons. The van der Waals surface area contributed by atoms with Crippen molar-refractivity contribution in [3.8, 4) is 0 Å². The Morgan fingerprint density at radius 3 is 1.62 bits per heavy atom. The van der Waals surface area contributed by atoms with E-state index in [1.807, 2.05) is 0 Å². The second-order valence-corrected chi connectivity index (χ2v) is 10.7. The minimum absolute atomic E-state index is 0.0215. The highest BCUT2D eigenvalue weighted by Crippen LogP contribution is 2.11. The first-order valence-corrected chi connectivity index (χ1v) is 12.3. The van der Waals surface area contributed by atoms with Crippen molar-refractivity contribution in [2.24, 2.45) is 0 Å². The molecule has 2 atom stereocenters. The molecule has 2 amide bonds. The fraction of sp³-hybridized carbons (Fsp3) is 0.464. The van der Waals surface area contributed by atoms with Crippen LogP contribution in [0.3, 0.4) is 0 Å². The molecule has 2 rings (SSSR count). The third-order valence-corrected chi connectivity index (χ3v) is 4.63. The van der Waals surface area contributed by atoms with Gasteiger partial charge in [0.15, 0.2) is 0 Å². The van der Waals surface area contributed by atoms with E-state index in [1.165, 1.54) is 30.3 Å². The standard InChI is InChI=1S/C14H18FNO4.C14H20FNO3/c1-14(2,3)20-13(19)16-11(12(17)18)8-9-5-4-6-10(15)7-9;1-14(2,3)19-13(18)16-12(9-17)8-10-5-4-6-11(15)7-10/h4-7,11H,8H2,1-3H3,(H,16,19)(H,17,18);4-7,12,17H,8-9H2,1-3H3,(H,16,18)/t11-;12-/m00/s1. The Labute approximate surface area is 227 Å². The minimum atomic E-state index is -1.21. The van der Waals surface area contributed by atoms with Crippen LogP contribution in [0.5, 0.6) is 0 Å². The van der Waals surface area contributed by atoms with Gasteiger partial charge < -0.3 is 30.3 Å². The average Bonchev–Trinajstić information content (AvgIpc) is 2.76. The second-order valence-electron chi connectivity index (χ2n) is 10.7. The van der Waals surface area contributed by atoms with Crippen molar-refractivity contribution in [1.82, 2.24) is 10.6 Å². The molecule has 39 heavy (non-hydrogen) atoms. The lowest BCUT2D eigenvalue weighted by molar-refractivity contribution is -0.139. The van der Waals surface area contributed by atoms with Crippen LogP contribution in [0.2, 0.25) is 0 Å². The minimum Gasteiger partial charge on any atom is -0.480 e. The molecular formula is C28H38F2N2O7. The normalized spacial score (nSPS) is 12.7. The monoisotopic (exact) mass is 552 g/mol. The number of carboxylic acid groups (broad SMARTS) is 1.